The standard InChI is InChI=1S/C33H36N4OSi/c1-20-15-27(35-17-21(20)2)26-12-10-11-24-25-14-13-22(16-34)28(30(25)38-29(24)26)23-18-36-31(37-19-23)39(9,32(3,4)5)33(6,7)8/h10-15,17-19H,1-9H3/i1D3,2D3. The van der Waals surface area contributed by atoms with E-state index in [4.69, 9.17) is 22.6 Å². The van der Waals surface area contributed by atoms with Crippen LogP contribution in [-0.2, 0) is 0 Å². The van der Waals surface area contributed by atoms with Crippen LogP contribution in [0.4, 0.5) is 0 Å². The number of benzene rings is 2. The number of rotatable bonds is 3. The molecule has 3 aromatic heterocycles. The van der Waals surface area contributed by atoms with Crippen molar-refractivity contribution in [1.82, 2.24) is 15.0 Å². The summed E-state index contributed by atoms with van der Waals surface area (Å²) in [5.74, 6) is 0. The molecule has 5 rings (SSSR count). The summed E-state index contributed by atoms with van der Waals surface area (Å²) in [5, 5.41) is 11.6. The zero-order chi connectivity index (χ0) is 33.3. The fraction of sp³-hybridized carbons (Fsp3) is 0.333. The lowest BCUT2D eigenvalue weighted by Crippen LogP contribution is -2.61. The van der Waals surface area contributed by atoms with Gasteiger partial charge in [-0.05, 0) is 59.2 Å². The third kappa shape index (κ3) is 4.16. The number of pyridine rings is 1. The molecule has 0 spiro atoms. The zero-order valence-electron chi connectivity index (χ0n) is 29.4. The average molecular weight is 539 g/mol. The van der Waals surface area contributed by atoms with Gasteiger partial charge < -0.3 is 4.42 Å². The molecule has 0 bridgehead atoms. The molecule has 198 valence electrons. The van der Waals surface area contributed by atoms with Gasteiger partial charge in [-0.25, -0.2) is 9.97 Å². The maximum Gasteiger partial charge on any atom is 0.144 e. The Hall–Kier alpha value is -3.82. The van der Waals surface area contributed by atoms with Gasteiger partial charge in [0.1, 0.15) is 24.7 Å². The lowest BCUT2D eigenvalue weighted by atomic mass is 9.98. The molecule has 6 heteroatoms. The first-order valence-corrected chi connectivity index (χ1v) is 15.4. The van der Waals surface area contributed by atoms with Crippen molar-refractivity contribution < 1.29 is 12.6 Å². The molecule has 0 amide bonds. The Kier molecular flexibility index (Phi) is 4.71. The largest absolute Gasteiger partial charge is 0.455 e. The molecule has 5 aromatic rings. The minimum atomic E-state index is -2.66. The predicted octanol–water partition coefficient (Wildman–Crippen LogP) is 8.48. The van der Waals surface area contributed by atoms with Gasteiger partial charge in [-0.15, -0.1) is 0 Å². The van der Waals surface area contributed by atoms with Gasteiger partial charge in [0.25, 0.3) is 0 Å². The van der Waals surface area contributed by atoms with Crippen molar-refractivity contribution in [2.24, 2.45) is 0 Å². The van der Waals surface area contributed by atoms with E-state index in [-0.39, 0.29) is 26.9 Å². The third-order valence-electron chi connectivity index (χ3n) is 8.36. The Morgan fingerprint density at radius 2 is 1.51 bits per heavy atom. The van der Waals surface area contributed by atoms with Crippen LogP contribution < -0.4 is 5.45 Å². The summed E-state index contributed by atoms with van der Waals surface area (Å²) in [5.41, 5.74) is 3.52. The topological polar surface area (TPSA) is 75.6 Å². The Labute approximate surface area is 240 Å². The van der Waals surface area contributed by atoms with Gasteiger partial charge in [0, 0.05) is 54.3 Å². The number of furan rings is 1. The molecule has 0 unspecified atom stereocenters. The molecule has 0 aliphatic carbocycles. The van der Waals surface area contributed by atoms with Gasteiger partial charge in [-0.3, -0.25) is 4.98 Å². The number of hydrogen-bond acceptors (Lipinski definition) is 5. The van der Waals surface area contributed by atoms with Crippen molar-refractivity contribution >= 4 is 35.5 Å². The van der Waals surface area contributed by atoms with Gasteiger partial charge in [-0.2, -0.15) is 5.26 Å². The fourth-order valence-corrected chi connectivity index (χ4v) is 9.79. The quantitative estimate of drug-likeness (QED) is 0.215. The molecule has 0 radical (unpaired) electrons. The van der Waals surface area contributed by atoms with E-state index in [1.807, 2.05) is 12.1 Å². The second kappa shape index (κ2) is 9.13. The van der Waals surface area contributed by atoms with Gasteiger partial charge in [-0.1, -0.05) is 60.2 Å². The summed E-state index contributed by atoms with van der Waals surface area (Å²) in [4.78, 5) is 14.2. The highest BCUT2D eigenvalue weighted by Crippen LogP contribution is 2.50. The number of fused-ring (bicyclic) bond motifs is 3. The zero-order valence-corrected chi connectivity index (χ0v) is 24.4. The highest BCUT2D eigenvalue weighted by Gasteiger charge is 2.52. The molecule has 3 heterocycles. The number of aryl methyl sites for hydroxylation is 2. The van der Waals surface area contributed by atoms with Crippen molar-refractivity contribution in [2.75, 3.05) is 0 Å². The predicted molar refractivity (Wildman–Crippen MR) is 163 cm³/mol. The van der Waals surface area contributed by atoms with Gasteiger partial charge in [0.2, 0.25) is 0 Å². The van der Waals surface area contributed by atoms with Gasteiger partial charge in [0.05, 0.1) is 17.3 Å². The van der Waals surface area contributed by atoms with Gasteiger partial charge in [0.15, 0.2) is 0 Å². The maximum absolute atomic E-state index is 10.1. The third-order valence-corrected chi connectivity index (χ3v) is 15.5. The Bertz CT molecular complexity index is 1960. The smallest absolute Gasteiger partial charge is 0.144 e. The van der Waals surface area contributed by atoms with E-state index >= 15 is 0 Å². The highest BCUT2D eigenvalue weighted by atomic mass is 28.3. The minimum Gasteiger partial charge on any atom is -0.455 e. The van der Waals surface area contributed by atoms with Crippen molar-refractivity contribution in [3.8, 4) is 28.5 Å². The normalized spacial score (nSPS) is 15.6. The van der Waals surface area contributed by atoms with Crippen LogP contribution in [0.3, 0.4) is 0 Å². The van der Waals surface area contributed by atoms with Crippen LogP contribution in [0.2, 0.25) is 16.6 Å². The lowest BCUT2D eigenvalue weighted by Gasteiger charge is -2.47. The molecular formula is C33H36N4OSi. The molecule has 0 atom stereocenters. The summed E-state index contributed by atoms with van der Waals surface area (Å²) >= 11 is 0. The van der Waals surface area contributed by atoms with Crippen LogP contribution in [0.1, 0.15) is 66.5 Å². The van der Waals surface area contributed by atoms with E-state index in [1.54, 1.807) is 30.6 Å². The number of nitrogens with zero attached hydrogens (tertiary/aromatic N) is 4. The Morgan fingerprint density at radius 1 is 0.846 bits per heavy atom. The number of nitriles is 1. The molecule has 5 nitrogen and oxygen atoms in total. The fourth-order valence-electron chi connectivity index (χ4n) is 5.56. The first-order chi connectivity index (χ1) is 20.7. The van der Waals surface area contributed by atoms with Crippen molar-refractivity contribution in [2.45, 2.75) is 71.9 Å². The number of hydrogen-bond donors (Lipinski definition) is 0. The monoisotopic (exact) mass is 538 g/mol. The molecule has 2 aromatic carbocycles. The molecule has 39 heavy (non-hydrogen) atoms. The van der Waals surface area contributed by atoms with E-state index in [2.05, 4.69) is 59.1 Å². The summed E-state index contributed by atoms with van der Waals surface area (Å²) in [6, 6.07) is 12.6. The molecule has 0 aliphatic heterocycles. The van der Waals surface area contributed by atoms with Crippen LogP contribution in [0, 0.1) is 25.0 Å². The first kappa shape index (κ1) is 20.1. The molecule has 0 saturated carbocycles. The summed E-state index contributed by atoms with van der Waals surface area (Å²) in [6.07, 6.45) is 4.65. The van der Waals surface area contributed by atoms with Crippen molar-refractivity contribution in [3.63, 3.8) is 0 Å². The van der Waals surface area contributed by atoms with Crippen LogP contribution in [0.25, 0.3) is 44.3 Å². The van der Waals surface area contributed by atoms with Crippen LogP contribution >= 0.6 is 0 Å². The van der Waals surface area contributed by atoms with E-state index in [1.165, 1.54) is 6.07 Å². The van der Waals surface area contributed by atoms with Crippen LogP contribution in [0.5, 0.6) is 0 Å². The Balaban J connectivity index is 1.73. The highest BCUT2D eigenvalue weighted by molar-refractivity contribution is 6.94. The summed E-state index contributed by atoms with van der Waals surface area (Å²) in [7, 11) is -2.23. The SMILES string of the molecule is [2H]C([2H])([2H])c1cnc(-c2cccc3c2oc2c(-c4cnc([Si](C)(C(C)(C)C)C(C)(C)C)nc4)c(C#N)ccc23)cc1C([2H])([2H])[2H]. The maximum atomic E-state index is 10.1. The Morgan fingerprint density at radius 3 is 2.13 bits per heavy atom. The molecule has 0 fully saturated rings. The van der Waals surface area contributed by atoms with Crippen molar-refractivity contribution in [3.05, 3.63) is 71.7 Å². The molecule has 0 aliphatic rings. The van der Waals surface area contributed by atoms with E-state index in [0.29, 0.717) is 33.4 Å². The van der Waals surface area contributed by atoms with E-state index in [0.717, 1.165) is 22.4 Å². The van der Waals surface area contributed by atoms with Gasteiger partial charge >= 0.3 is 0 Å². The van der Waals surface area contributed by atoms with E-state index in [9.17, 15) is 5.26 Å². The first-order valence-electron chi connectivity index (χ1n) is 15.9. The lowest BCUT2D eigenvalue weighted by molar-refractivity contribution is 0.625. The average Bonchev–Trinajstić information content (AvgIpc) is 3.32. The summed E-state index contributed by atoms with van der Waals surface area (Å²) in [6.45, 7) is 10.5. The van der Waals surface area contributed by atoms with E-state index < -0.39 is 21.8 Å². The minimum absolute atomic E-state index is 0.00508. The molecule has 0 N–H and O–H groups in total. The van der Waals surface area contributed by atoms with Crippen molar-refractivity contribution in [1.29, 1.82) is 5.26 Å². The number of aromatic nitrogens is 3. The second-order valence-corrected chi connectivity index (χ2v) is 18.0. The van der Waals surface area contributed by atoms with Crippen LogP contribution in [-0.4, -0.2) is 23.0 Å². The van der Waals surface area contributed by atoms with Crippen LogP contribution in [0.15, 0.2) is 59.4 Å². The number of para-hydroxylation sites is 1. The molecular weight excluding hydrogens is 496 g/mol. The summed E-state index contributed by atoms with van der Waals surface area (Å²) < 4.78 is 53.9. The molecule has 0 saturated heterocycles. The second-order valence-electron chi connectivity index (χ2n) is 12.3.